The molecule has 11 heteroatoms. The summed E-state index contributed by atoms with van der Waals surface area (Å²) in [5.41, 5.74) is -1.16. The zero-order chi connectivity index (χ0) is 22.7. The summed E-state index contributed by atoms with van der Waals surface area (Å²) in [6, 6.07) is 7.19. The van der Waals surface area contributed by atoms with Crippen molar-refractivity contribution in [1.82, 2.24) is 14.5 Å². The van der Waals surface area contributed by atoms with Crippen molar-refractivity contribution in [3.8, 4) is 6.07 Å². The number of benzene rings is 1. The lowest BCUT2D eigenvalue weighted by Crippen LogP contribution is -2.32. The molecule has 0 saturated carbocycles. The average molecular weight is 460 g/mol. The van der Waals surface area contributed by atoms with Gasteiger partial charge in [0.05, 0.1) is 22.2 Å². The van der Waals surface area contributed by atoms with E-state index in [9.17, 15) is 24.4 Å². The number of hydrogen-bond acceptors (Lipinski definition) is 6. The first-order valence-corrected chi connectivity index (χ1v) is 9.85. The van der Waals surface area contributed by atoms with E-state index in [4.69, 9.17) is 23.2 Å². The molecular weight excluding hydrogens is 445 g/mol. The number of ketones is 1. The van der Waals surface area contributed by atoms with E-state index in [0.717, 1.165) is 6.20 Å². The fourth-order valence-corrected chi connectivity index (χ4v) is 3.39. The third-order valence-corrected chi connectivity index (χ3v) is 4.95. The molecule has 0 fully saturated rings. The van der Waals surface area contributed by atoms with Gasteiger partial charge in [0.1, 0.15) is 5.65 Å². The second-order valence-corrected chi connectivity index (χ2v) is 7.39. The van der Waals surface area contributed by atoms with Crippen LogP contribution in [0.15, 0.2) is 40.1 Å². The Hall–Kier alpha value is -3.48. The highest BCUT2D eigenvalue weighted by Gasteiger charge is 2.29. The highest BCUT2D eigenvalue weighted by molar-refractivity contribution is 6.36. The van der Waals surface area contributed by atoms with Crippen molar-refractivity contribution >= 4 is 51.6 Å². The number of Topliss-reactive ketones (excluding diaryl/α,β-unsaturated/α-hetero) is 1. The average Bonchev–Trinajstić information content (AvgIpc) is 2.73. The maximum atomic E-state index is 12.8. The zero-order valence-corrected chi connectivity index (χ0v) is 17.6. The molecule has 2 aromatic heterocycles. The van der Waals surface area contributed by atoms with Gasteiger partial charge in [-0.1, -0.05) is 30.1 Å². The van der Waals surface area contributed by atoms with Crippen LogP contribution in [0.3, 0.4) is 0 Å². The monoisotopic (exact) mass is 459 g/mol. The number of anilines is 1. The van der Waals surface area contributed by atoms with Crippen molar-refractivity contribution < 1.29 is 9.59 Å². The molecule has 0 spiro atoms. The summed E-state index contributed by atoms with van der Waals surface area (Å²) in [5, 5.41) is 12.3. The minimum absolute atomic E-state index is 0.00302. The van der Waals surface area contributed by atoms with Gasteiger partial charge in [-0.05, 0) is 30.7 Å². The smallest absolute Gasteiger partial charge is 0.323 e. The predicted octanol–water partition coefficient (Wildman–Crippen LogP) is 2.76. The molecule has 1 aromatic carbocycles. The summed E-state index contributed by atoms with van der Waals surface area (Å²) >= 11 is 11.8. The number of carbonyl (C=O) groups is 2. The van der Waals surface area contributed by atoms with Gasteiger partial charge in [-0.25, -0.2) is 9.78 Å². The first-order chi connectivity index (χ1) is 14.8. The Morgan fingerprint density at radius 1 is 1.29 bits per heavy atom. The van der Waals surface area contributed by atoms with Crippen molar-refractivity contribution in [2.24, 2.45) is 5.92 Å². The minimum Gasteiger partial charge on any atom is -0.323 e. The number of aromatic amines is 1. The molecule has 0 aliphatic heterocycles. The molecule has 158 valence electrons. The summed E-state index contributed by atoms with van der Waals surface area (Å²) in [4.78, 5) is 55.8. The molecule has 1 amide bonds. The standard InChI is InChI=1S/C20H15Cl2N5O4/c1-2-5-27-17-12(18(29)26-20(27)31)6-10(9-24-17)16(28)13(8-23)19(30)25-15-4-3-11(21)7-14(15)22/h3-4,6-7,9,13H,2,5H2,1H3,(H,25,30)(H,26,29,31)/t13-/m1/s1. The molecule has 0 unspecified atom stereocenters. The largest absolute Gasteiger partial charge is 0.329 e. The maximum Gasteiger partial charge on any atom is 0.329 e. The summed E-state index contributed by atoms with van der Waals surface area (Å²) in [6.45, 7) is 2.17. The normalized spacial score (nSPS) is 11.7. The van der Waals surface area contributed by atoms with E-state index >= 15 is 0 Å². The molecule has 0 aliphatic rings. The van der Waals surface area contributed by atoms with E-state index in [1.807, 2.05) is 6.92 Å². The Morgan fingerprint density at radius 2 is 2.03 bits per heavy atom. The number of rotatable bonds is 6. The molecule has 0 saturated heterocycles. The van der Waals surface area contributed by atoms with Crippen LogP contribution in [0.25, 0.3) is 11.0 Å². The third-order valence-electron chi connectivity index (χ3n) is 4.41. The van der Waals surface area contributed by atoms with Crippen molar-refractivity contribution in [3.63, 3.8) is 0 Å². The number of aromatic nitrogens is 3. The van der Waals surface area contributed by atoms with Crippen LogP contribution in [0.2, 0.25) is 10.0 Å². The summed E-state index contributed by atoms with van der Waals surface area (Å²) in [7, 11) is 0. The number of nitrogens with one attached hydrogen (secondary N) is 2. The molecule has 0 bridgehead atoms. The molecule has 1 atom stereocenters. The number of H-pyrrole nitrogens is 1. The van der Waals surface area contributed by atoms with Gasteiger partial charge in [0.2, 0.25) is 5.91 Å². The molecular formula is C20H15Cl2N5O4. The van der Waals surface area contributed by atoms with Crippen LogP contribution in [-0.2, 0) is 11.3 Å². The molecule has 2 N–H and O–H groups in total. The van der Waals surface area contributed by atoms with Crippen LogP contribution < -0.4 is 16.6 Å². The van der Waals surface area contributed by atoms with Gasteiger partial charge in [0.25, 0.3) is 5.56 Å². The van der Waals surface area contributed by atoms with Gasteiger partial charge >= 0.3 is 5.69 Å². The lowest BCUT2D eigenvalue weighted by molar-refractivity contribution is -0.117. The lowest BCUT2D eigenvalue weighted by atomic mass is 9.98. The Bertz CT molecular complexity index is 1360. The zero-order valence-electron chi connectivity index (χ0n) is 16.1. The Balaban J connectivity index is 1.96. The summed E-state index contributed by atoms with van der Waals surface area (Å²) < 4.78 is 1.28. The highest BCUT2D eigenvalue weighted by atomic mass is 35.5. The van der Waals surface area contributed by atoms with Crippen molar-refractivity contribution in [1.29, 1.82) is 5.26 Å². The Morgan fingerprint density at radius 3 is 2.68 bits per heavy atom. The van der Waals surface area contributed by atoms with Crippen molar-refractivity contribution in [2.75, 3.05) is 5.32 Å². The number of carbonyl (C=O) groups excluding carboxylic acids is 2. The van der Waals surface area contributed by atoms with E-state index in [1.165, 1.54) is 28.8 Å². The fourth-order valence-electron chi connectivity index (χ4n) is 2.93. The second-order valence-electron chi connectivity index (χ2n) is 6.55. The molecule has 9 nitrogen and oxygen atoms in total. The van der Waals surface area contributed by atoms with E-state index in [0.29, 0.717) is 18.0 Å². The number of fused-ring (bicyclic) bond motifs is 1. The fraction of sp³-hybridized carbons (Fsp3) is 0.200. The molecule has 31 heavy (non-hydrogen) atoms. The molecule has 0 aliphatic carbocycles. The Kier molecular flexibility index (Phi) is 6.53. The van der Waals surface area contributed by atoms with E-state index in [1.54, 1.807) is 6.07 Å². The predicted molar refractivity (Wildman–Crippen MR) is 115 cm³/mol. The van der Waals surface area contributed by atoms with Gasteiger partial charge < -0.3 is 5.32 Å². The molecule has 0 radical (unpaired) electrons. The second kappa shape index (κ2) is 9.12. The minimum atomic E-state index is -1.72. The number of nitriles is 1. The van der Waals surface area contributed by atoms with Crippen LogP contribution in [0.5, 0.6) is 0 Å². The van der Waals surface area contributed by atoms with Gasteiger partial charge in [0, 0.05) is 23.3 Å². The number of halogens is 2. The van der Waals surface area contributed by atoms with Gasteiger partial charge in [-0.2, -0.15) is 5.26 Å². The SMILES string of the molecule is CCCn1c(=O)[nH]c(=O)c2cc(C(=O)[C@@H](C#N)C(=O)Nc3ccc(Cl)cc3Cl)cnc21. The van der Waals surface area contributed by atoms with E-state index in [2.05, 4.69) is 15.3 Å². The topological polar surface area (TPSA) is 138 Å². The van der Waals surface area contributed by atoms with Crippen LogP contribution >= 0.6 is 23.2 Å². The molecule has 3 rings (SSSR count). The Labute approximate surface area is 185 Å². The number of aryl methyl sites for hydroxylation is 1. The van der Waals surface area contributed by atoms with Gasteiger partial charge in [-0.3, -0.25) is 23.9 Å². The van der Waals surface area contributed by atoms with E-state index < -0.39 is 28.9 Å². The van der Waals surface area contributed by atoms with Crippen LogP contribution in [0.1, 0.15) is 23.7 Å². The number of hydrogen-bond donors (Lipinski definition) is 2. The van der Waals surface area contributed by atoms with Crippen LogP contribution in [0, 0.1) is 17.2 Å². The summed E-state index contributed by atoms with van der Waals surface area (Å²) in [6.07, 6.45) is 1.75. The first kappa shape index (κ1) is 22.2. The van der Waals surface area contributed by atoms with Crippen molar-refractivity contribution in [2.45, 2.75) is 19.9 Å². The maximum absolute atomic E-state index is 12.8. The number of pyridine rings is 1. The van der Waals surface area contributed by atoms with Gasteiger partial charge in [-0.15, -0.1) is 0 Å². The van der Waals surface area contributed by atoms with Crippen LogP contribution in [0.4, 0.5) is 5.69 Å². The van der Waals surface area contributed by atoms with Crippen LogP contribution in [-0.4, -0.2) is 26.2 Å². The van der Waals surface area contributed by atoms with E-state index in [-0.39, 0.29) is 27.3 Å². The first-order valence-electron chi connectivity index (χ1n) is 9.09. The quantitative estimate of drug-likeness (QED) is 0.429. The number of amides is 1. The van der Waals surface area contributed by atoms with Crippen molar-refractivity contribution in [3.05, 3.63) is 66.9 Å². The number of nitrogens with zero attached hydrogens (tertiary/aromatic N) is 3. The van der Waals surface area contributed by atoms with Gasteiger partial charge in [0.15, 0.2) is 11.7 Å². The molecule has 2 heterocycles. The highest BCUT2D eigenvalue weighted by Crippen LogP contribution is 2.26. The third kappa shape index (κ3) is 4.50. The lowest BCUT2D eigenvalue weighted by Gasteiger charge is -2.12. The molecule has 3 aromatic rings. The summed E-state index contributed by atoms with van der Waals surface area (Å²) in [5.74, 6) is -3.47.